The lowest BCUT2D eigenvalue weighted by molar-refractivity contribution is 0.164. The molecule has 1 saturated heterocycles. The molecule has 2 amide bonds. The highest BCUT2D eigenvalue weighted by atomic mass is 32.1. The largest absolute Gasteiger partial charge is 0.494 e. The number of methoxy groups -OCH3 is 1. The third-order valence-electron chi connectivity index (χ3n) is 3.61. The summed E-state index contributed by atoms with van der Waals surface area (Å²) in [4.78, 5) is 20.7. The van der Waals surface area contributed by atoms with Gasteiger partial charge >= 0.3 is 6.03 Å². The van der Waals surface area contributed by atoms with E-state index in [0.29, 0.717) is 5.13 Å². The van der Waals surface area contributed by atoms with Crippen LogP contribution < -0.4 is 10.1 Å². The summed E-state index contributed by atoms with van der Waals surface area (Å²) in [5, 5.41) is 3.50. The maximum atomic E-state index is 12.2. The number of carbonyl (C=O) groups is 1. The Labute approximate surface area is 127 Å². The van der Waals surface area contributed by atoms with Crippen molar-refractivity contribution < 1.29 is 9.53 Å². The highest BCUT2D eigenvalue weighted by Gasteiger charge is 2.20. The molecule has 0 unspecified atom stereocenters. The second-order valence-corrected chi connectivity index (χ2v) is 6.08. The summed E-state index contributed by atoms with van der Waals surface area (Å²) < 4.78 is 6.29. The van der Waals surface area contributed by atoms with E-state index in [1.54, 1.807) is 7.11 Å². The van der Waals surface area contributed by atoms with Crippen LogP contribution in [0.4, 0.5) is 9.93 Å². The molecule has 112 valence electrons. The molecule has 2 heterocycles. The van der Waals surface area contributed by atoms with Crippen LogP contribution in [0.1, 0.15) is 0 Å². The maximum absolute atomic E-state index is 12.2. The zero-order valence-electron chi connectivity index (χ0n) is 12.1. The number of thiazole rings is 1. The van der Waals surface area contributed by atoms with Gasteiger partial charge in [-0.2, -0.15) is 0 Å². The standard InChI is InChI=1S/C14H18N4O2S/c1-17-6-8-18(9-7-17)14(19)16-13-15-12-10(20-2)4-3-5-11(12)21-13/h3-5H,6-9H2,1-2H3,(H,15,16,19). The molecule has 0 atom stereocenters. The number of para-hydroxylation sites is 1. The Balaban J connectivity index is 1.74. The van der Waals surface area contributed by atoms with E-state index < -0.39 is 0 Å². The predicted octanol–water partition coefficient (Wildman–Crippen LogP) is 2.08. The number of nitrogens with one attached hydrogen (secondary N) is 1. The highest BCUT2D eigenvalue weighted by Crippen LogP contribution is 2.32. The van der Waals surface area contributed by atoms with Gasteiger partial charge in [-0.3, -0.25) is 5.32 Å². The van der Waals surface area contributed by atoms with Crippen molar-refractivity contribution >= 4 is 32.7 Å². The Bertz CT molecular complexity index is 649. The number of piperazine rings is 1. The number of anilines is 1. The van der Waals surface area contributed by atoms with Gasteiger partial charge in [-0.25, -0.2) is 9.78 Å². The molecule has 0 bridgehead atoms. The lowest BCUT2D eigenvalue weighted by Gasteiger charge is -2.32. The molecule has 1 aromatic carbocycles. The molecule has 21 heavy (non-hydrogen) atoms. The van der Waals surface area contributed by atoms with E-state index in [9.17, 15) is 4.79 Å². The summed E-state index contributed by atoms with van der Waals surface area (Å²) in [6.45, 7) is 3.30. The smallest absolute Gasteiger partial charge is 0.323 e. The van der Waals surface area contributed by atoms with Crippen molar-refractivity contribution in [2.24, 2.45) is 0 Å². The van der Waals surface area contributed by atoms with Crippen LogP contribution in [0.25, 0.3) is 10.2 Å². The average molecular weight is 306 g/mol. The molecule has 1 aliphatic rings. The number of hydrogen-bond acceptors (Lipinski definition) is 5. The number of ether oxygens (including phenoxy) is 1. The molecule has 7 heteroatoms. The number of nitrogens with zero attached hydrogens (tertiary/aromatic N) is 3. The van der Waals surface area contributed by atoms with Gasteiger partial charge < -0.3 is 14.5 Å². The van der Waals surface area contributed by atoms with E-state index in [-0.39, 0.29) is 6.03 Å². The molecule has 1 fully saturated rings. The average Bonchev–Trinajstić information content (AvgIpc) is 2.90. The summed E-state index contributed by atoms with van der Waals surface area (Å²) in [5.41, 5.74) is 0.790. The molecule has 6 nitrogen and oxygen atoms in total. The van der Waals surface area contributed by atoms with Gasteiger partial charge in [0.15, 0.2) is 5.13 Å². The maximum Gasteiger partial charge on any atom is 0.323 e. The summed E-state index contributed by atoms with van der Waals surface area (Å²) >= 11 is 1.46. The van der Waals surface area contributed by atoms with E-state index >= 15 is 0 Å². The molecule has 1 aliphatic heterocycles. The van der Waals surface area contributed by atoms with Crippen molar-refractivity contribution in [1.29, 1.82) is 0 Å². The van der Waals surface area contributed by atoms with Crippen LogP contribution in [0, 0.1) is 0 Å². The van der Waals surface area contributed by atoms with E-state index in [2.05, 4.69) is 22.2 Å². The number of fused-ring (bicyclic) bond motifs is 1. The highest BCUT2D eigenvalue weighted by molar-refractivity contribution is 7.22. The van der Waals surface area contributed by atoms with E-state index in [1.807, 2.05) is 23.1 Å². The Kier molecular flexibility index (Phi) is 3.94. The fraction of sp³-hybridized carbons (Fsp3) is 0.429. The van der Waals surface area contributed by atoms with E-state index in [0.717, 1.165) is 42.1 Å². The second kappa shape index (κ2) is 5.87. The number of likely N-dealkylation sites (N-methyl/N-ethyl adjacent to an activating group) is 1. The lowest BCUT2D eigenvalue weighted by Crippen LogP contribution is -2.48. The molecular weight excluding hydrogens is 288 g/mol. The Morgan fingerprint density at radius 3 is 2.81 bits per heavy atom. The molecule has 3 rings (SSSR count). The van der Waals surface area contributed by atoms with Crippen LogP contribution in [-0.2, 0) is 0 Å². The van der Waals surface area contributed by atoms with Gasteiger partial charge in [-0.15, -0.1) is 0 Å². The van der Waals surface area contributed by atoms with Crippen molar-refractivity contribution in [2.45, 2.75) is 0 Å². The summed E-state index contributed by atoms with van der Waals surface area (Å²) in [5.74, 6) is 0.726. The lowest BCUT2D eigenvalue weighted by atomic mass is 10.3. The number of amides is 2. The van der Waals surface area contributed by atoms with Gasteiger partial charge in [-0.05, 0) is 19.2 Å². The second-order valence-electron chi connectivity index (χ2n) is 5.05. The Morgan fingerprint density at radius 2 is 2.10 bits per heavy atom. The monoisotopic (exact) mass is 306 g/mol. The van der Waals surface area contributed by atoms with Crippen LogP contribution in [0.15, 0.2) is 18.2 Å². The zero-order chi connectivity index (χ0) is 14.8. The first-order chi connectivity index (χ1) is 10.2. The van der Waals surface area contributed by atoms with Gasteiger partial charge in [0.05, 0.1) is 11.8 Å². The SMILES string of the molecule is COc1cccc2sc(NC(=O)N3CCN(C)CC3)nc12. The van der Waals surface area contributed by atoms with E-state index in [4.69, 9.17) is 4.74 Å². The molecular formula is C14H18N4O2S. The first kappa shape index (κ1) is 14.1. The topological polar surface area (TPSA) is 57.7 Å². The Morgan fingerprint density at radius 1 is 1.33 bits per heavy atom. The third-order valence-corrected chi connectivity index (χ3v) is 4.54. The first-order valence-corrected chi connectivity index (χ1v) is 7.67. The predicted molar refractivity (Wildman–Crippen MR) is 84.3 cm³/mol. The summed E-state index contributed by atoms with van der Waals surface area (Å²) in [7, 11) is 3.69. The number of benzene rings is 1. The van der Waals surface area contributed by atoms with Crippen LogP contribution in [0.5, 0.6) is 5.75 Å². The minimum Gasteiger partial charge on any atom is -0.494 e. The molecule has 0 radical (unpaired) electrons. The number of hydrogen-bond donors (Lipinski definition) is 1. The van der Waals surface area contributed by atoms with Crippen molar-refractivity contribution in [3.8, 4) is 5.75 Å². The normalized spacial score (nSPS) is 16.2. The van der Waals surface area contributed by atoms with Crippen molar-refractivity contribution in [3.63, 3.8) is 0 Å². The fourth-order valence-corrected chi connectivity index (χ4v) is 3.19. The summed E-state index contributed by atoms with van der Waals surface area (Å²) in [6.07, 6.45) is 0. The van der Waals surface area contributed by atoms with Crippen LogP contribution in [0.3, 0.4) is 0 Å². The van der Waals surface area contributed by atoms with Gasteiger partial charge in [-0.1, -0.05) is 17.4 Å². The molecule has 2 aromatic rings. The van der Waals surface area contributed by atoms with Gasteiger partial charge in [0.1, 0.15) is 11.3 Å². The number of aromatic nitrogens is 1. The minimum atomic E-state index is -0.0823. The molecule has 1 aromatic heterocycles. The molecule has 0 aliphatic carbocycles. The zero-order valence-corrected chi connectivity index (χ0v) is 12.9. The van der Waals surface area contributed by atoms with Gasteiger partial charge in [0.25, 0.3) is 0 Å². The molecule has 0 saturated carbocycles. The van der Waals surface area contributed by atoms with Crippen LogP contribution >= 0.6 is 11.3 Å². The Hall–Kier alpha value is -1.86. The minimum absolute atomic E-state index is 0.0823. The number of carbonyl (C=O) groups excluding carboxylic acids is 1. The molecule has 0 spiro atoms. The quantitative estimate of drug-likeness (QED) is 0.923. The van der Waals surface area contributed by atoms with Crippen molar-refractivity contribution in [1.82, 2.24) is 14.8 Å². The van der Waals surface area contributed by atoms with Gasteiger partial charge in [0.2, 0.25) is 0 Å². The third kappa shape index (κ3) is 2.93. The molecule has 1 N–H and O–H groups in total. The van der Waals surface area contributed by atoms with Crippen LogP contribution in [-0.4, -0.2) is 61.2 Å². The van der Waals surface area contributed by atoms with Crippen molar-refractivity contribution in [2.75, 3.05) is 45.7 Å². The van der Waals surface area contributed by atoms with Crippen LogP contribution in [0.2, 0.25) is 0 Å². The first-order valence-electron chi connectivity index (χ1n) is 6.85. The van der Waals surface area contributed by atoms with Gasteiger partial charge in [0, 0.05) is 26.2 Å². The fourth-order valence-electron chi connectivity index (χ4n) is 2.32. The van der Waals surface area contributed by atoms with E-state index in [1.165, 1.54) is 11.3 Å². The number of urea groups is 1. The van der Waals surface area contributed by atoms with Crippen molar-refractivity contribution in [3.05, 3.63) is 18.2 Å². The number of rotatable bonds is 2. The summed E-state index contributed by atoms with van der Waals surface area (Å²) in [6, 6.07) is 5.68.